The van der Waals surface area contributed by atoms with E-state index in [1.165, 1.54) is 12.1 Å². The smallest absolute Gasteiger partial charge is 0.394 e. The fourth-order valence-corrected chi connectivity index (χ4v) is 4.32. The van der Waals surface area contributed by atoms with E-state index in [2.05, 4.69) is 15.5 Å². The molecular weight excluding hydrogens is 457 g/mol. The normalized spacial score (nSPS) is 16.1. The molecule has 1 saturated heterocycles. The Kier molecular flexibility index (Phi) is 7.77. The van der Waals surface area contributed by atoms with E-state index >= 15 is 0 Å². The molecule has 3 N–H and O–H groups in total. The maximum absolute atomic E-state index is 12.8. The van der Waals surface area contributed by atoms with Gasteiger partial charge in [-0.15, -0.1) is 0 Å². The molecule has 1 fully saturated rings. The molecule has 0 bridgehead atoms. The number of aliphatic hydroxyl groups is 1. The van der Waals surface area contributed by atoms with Gasteiger partial charge in [0.1, 0.15) is 0 Å². The van der Waals surface area contributed by atoms with Crippen LogP contribution in [0.4, 0.5) is 18.0 Å². The molecule has 1 aliphatic heterocycles. The Morgan fingerprint density at radius 2 is 1.71 bits per heavy atom. The summed E-state index contributed by atoms with van der Waals surface area (Å²) >= 11 is 0. The van der Waals surface area contributed by atoms with Gasteiger partial charge in [0, 0.05) is 43.8 Å². The van der Waals surface area contributed by atoms with Crippen molar-refractivity contribution in [2.75, 3.05) is 19.7 Å². The summed E-state index contributed by atoms with van der Waals surface area (Å²) in [5.74, 6) is 0. The van der Waals surface area contributed by atoms with Crippen LogP contribution in [0.1, 0.15) is 35.6 Å². The van der Waals surface area contributed by atoms with Crippen LogP contribution in [0.5, 0.6) is 0 Å². The first-order valence-corrected chi connectivity index (χ1v) is 11.6. The van der Waals surface area contributed by atoms with Crippen LogP contribution >= 0.6 is 0 Å². The summed E-state index contributed by atoms with van der Waals surface area (Å²) < 4.78 is 40.2. The van der Waals surface area contributed by atoms with Gasteiger partial charge in [-0.3, -0.25) is 4.90 Å². The van der Waals surface area contributed by atoms with Crippen LogP contribution in [-0.2, 0) is 12.7 Å². The second-order valence-electron chi connectivity index (χ2n) is 8.79. The van der Waals surface area contributed by atoms with Crippen LogP contribution in [0.2, 0.25) is 0 Å². The number of amides is 2. The summed E-state index contributed by atoms with van der Waals surface area (Å²) in [6, 6.07) is 15.7. The predicted octanol–water partition coefficient (Wildman–Crippen LogP) is 4.49. The standard InChI is InChI=1S/C26H29F3N4O2/c27-26(28,29)21-6-8-23(9-7-21)33-15-10-19(17-33)16-32-13-11-22(12-14-32)30-25(35)31-24(18-34)20-4-2-1-3-5-20/h1-10,15,17,22,24,34H,11-14,16,18H2,(H2,30,31,35)/t24-/m1/s1. The van der Waals surface area contributed by atoms with Crippen molar-refractivity contribution in [2.24, 2.45) is 0 Å². The Hall–Kier alpha value is -3.30. The van der Waals surface area contributed by atoms with Gasteiger partial charge in [-0.1, -0.05) is 30.3 Å². The van der Waals surface area contributed by atoms with E-state index < -0.39 is 17.8 Å². The fraction of sp³-hybridized carbons (Fsp3) is 0.346. The number of carbonyl (C=O) groups excluding carboxylic acids is 1. The fourth-order valence-electron chi connectivity index (χ4n) is 4.32. The zero-order valence-electron chi connectivity index (χ0n) is 19.2. The number of nitrogens with zero attached hydrogens (tertiary/aromatic N) is 2. The quantitative estimate of drug-likeness (QED) is 0.461. The first-order valence-electron chi connectivity index (χ1n) is 11.6. The van der Waals surface area contributed by atoms with E-state index in [1.54, 1.807) is 0 Å². The molecule has 9 heteroatoms. The summed E-state index contributed by atoms with van der Waals surface area (Å²) in [7, 11) is 0. The van der Waals surface area contributed by atoms with E-state index in [-0.39, 0.29) is 18.7 Å². The predicted molar refractivity (Wildman–Crippen MR) is 127 cm³/mol. The summed E-state index contributed by atoms with van der Waals surface area (Å²) in [5.41, 5.74) is 1.94. The average Bonchev–Trinajstić information content (AvgIpc) is 3.32. The lowest BCUT2D eigenvalue weighted by atomic mass is 10.0. The van der Waals surface area contributed by atoms with Gasteiger partial charge in [0.05, 0.1) is 18.2 Å². The SMILES string of the molecule is O=C(NC1CCN(Cc2ccn(-c3ccc(C(F)(F)F)cc3)c2)CC1)N[C@H](CO)c1ccccc1. The van der Waals surface area contributed by atoms with Crippen molar-refractivity contribution < 1.29 is 23.1 Å². The number of piperidine rings is 1. The van der Waals surface area contributed by atoms with Crippen molar-refractivity contribution >= 4 is 6.03 Å². The molecule has 35 heavy (non-hydrogen) atoms. The number of aliphatic hydroxyl groups excluding tert-OH is 1. The van der Waals surface area contributed by atoms with Gasteiger partial charge in [-0.25, -0.2) is 4.79 Å². The molecule has 0 aliphatic carbocycles. The van der Waals surface area contributed by atoms with Crippen LogP contribution in [-0.4, -0.2) is 46.3 Å². The van der Waals surface area contributed by atoms with Crippen LogP contribution in [0.25, 0.3) is 5.69 Å². The molecule has 0 saturated carbocycles. The molecule has 2 aromatic carbocycles. The zero-order chi connectivity index (χ0) is 24.8. The Bertz CT molecular complexity index is 1090. The first kappa shape index (κ1) is 24.8. The Morgan fingerprint density at radius 1 is 1.03 bits per heavy atom. The van der Waals surface area contributed by atoms with Crippen LogP contribution < -0.4 is 10.6 Å². The second kappa shape index (κ2) is 11.0. The van der Waals surface area contributed by atoms with E-state index in [0.717, 1.165) is 55.7 Å². The molecule has 0 spiro atoms. The molecule has 0 unspecified atom stereocenters. The van der Waals surface area contributed by atoms with E-state index in [4.69, 9.17) is 0 Å². The van der Waals surface area contributed by atoms with Crippen molar-refractivity contribution in [3.63, 3.8) is 0 Å². The number of hydrogen-bond donors (Lipinski definition) is 3. The molecule has 186 valence electrons. The van der Waals surface area contributed by atoms with Crippen LogP contribution in [0.3, 0.4) is 0 Å². The third-order valence-electron chi connectivity index (χ3n) is 6.27. The lowest BCUT2D eigenvalue weighted by molar-refractivity contribution is -0.137. The van der Waals surface area contributed by atoms with Crippen molar-refractivity contribution in [3.8, 4) is 5.69 Å². The van der Waals surface area contributed by atoms with Gasteiger partial charge in [0.15, 0.2) is 0 Å². The third-order valence-corrected chi connectivity index (χ3v) is 6.27. The van der Waals surface area contributed by atoms with Gasteiger partial charge < -0.3 is 20.3 Å². The van der Waals surface area contributed by atoms with Gasteiger partial charge in [0.25, 0.3) is 0 Å². The molecule has 1 aliphatic rings. The average molecular weight is 487 g/mol. The maximum Gasteiger partial charge on any atom is 0.416 e. The molecule has 2 amide bonds. The third kappa shape index (κ3) is 6.64. The lowest BCUT2D eigenvalue weighted by Crippen LogP contribution is -2.48. The van der Waals surface area contributed by atoms with Gasteiger partial charge in [-0.05, 0) is 54.3 Å². The van der Waals surface area contributed by atoms with E-state index in [1.807, 2.05) is 53.4 Å². The molecule has 1 aromatic heterocycles. The Balaban J connectivity index is 1.24. The van der Waals surface area contributed by atoms with Gasteiger partial charge >= 0.3 is 12.2 Å². The largest absolute Gasteiger partial charge is 0.416 e. The van der Waals surface area contributed by atoms with Crippen molar-refractivity contribution in [2.45, 2.75) is 37.6 Å². The molecule has 4 rings (SSSR count). The summed E-state index contributed by atoms with van der Waals surface area (Å²) in [5, 5.41) is 15.5. The van der Waals surface area contributed by atoms with Crippen molar-refractivity contribution in [3.05, 3.63) is 89.7 Å². The Morgan fingerprint density at radius 3 is 2.34 bits per heavy atom. The number of hydrogen-bond acceptors (Lipinski definition) is 3. The highest BCUT2D eigenvalue weighted by molar-refractivity contribution is 5.74. The van der Waals surface area contributed by atoms with Crippen molar-refractivity contribution in [1.82, 2.24) is 20.1 Å². The maximum atomic E-state index is 12.8. The second-order valence-corrected chi connectivity index (χ2v) is 8.79. The topological polar surface area (TPSA) is 69.5 Å². The number of nitrogens with one attached hydrogen (secondary N) is 2. The van der Waals surface area contributed by atoms with Crippen molar-refractivity contribution in [1.29, 1.82) is 0 Å². The number of benzene rings is 2. The summed E-state index contributed by atoms with van der Waals surface area (Å²) in [4.78, 5) is 14.7. The lowest BCUT2D eigenvalue weighted by Gasteiger charge is -2.32. The number of likely N-dealkylation sites (tertiary alicyclic amines) is 1. The highest BCUT2D eigenvalue weighted by atomic mass is 19.4. The van der Waals surface area contributed by atoms with Crippen LogP contribution in [0.15, 0.2) is 73.1 Å². The minimum absolute atomic E-state index is 0.0538. The van der Waals surface area contributed by atoms with Gasteiger partial charge in [0.2, 0.25) is 0 Å². The zero-order valence-corrected chi connectivity index (χ0v) is 19.2. The molecule has 3 aromatic rings. The van der Waals surface area contributed by atoms with Gasteiger partial charge in [-0.2, -0.15) is 13.2 Å². The van der Waals surface area contributed by atoms with Crippen LogP contribution in [0, 0.1) is 0 Å². The number of urea groups is 1. The number of rotatable bonds is 7. The molecule has 6 nitrogen and oxygen atoms in total. The minimum atomic E-state index is -4.34. The van der Waals surface area contributed by atoms with E-state index in [9.17, 15) is 23.1 Å². The number of aromatic nitrogens is 1. The Labute approximate surface area is 202 Å². The molecular formula is C26H29F3N4O2. The number of halogens is 3. The number of alkyl halides is 3. The number of carbonyl (C=O) groups is 1. The molecule has 2 heterocycles. The molecule has 0 radical (unpaired) electrons. The summed E-state index contributed by atoms with van der Waals surface area (Å²) in [6.07, 6.45) is 1.05. The molecule has 1 atom stereocenters. The minimum Gasteiger partial charge on any atom is -0.394 e. The summed E-state index contributed by atoms with van der Waals surface area (Å²) in [6.45, 7) is 2.19. The van der Waals surface area contributed by atoms with E-state index in [0.29, 0.717) is 5.69 Å². The highest BCUT2D eigenvalue weighted by Crippen LogP contribution is 2.29. The monoisotopic (exact) mass is 486 g/mol. The first-order chi connectivity index (χ1) is 16.8. The highest BCUT2D eigenvalue weighted by Gasteiger charge is 2.30.